The third-order valence-electron chi connectivity index (χ3n) is 5.29. The molecule has 1 saturated carbocycles. The van der Waals surface area contributed by atoms with Crippen LogP contribution in [0.1, 0.15) is 36.9 Å². The van der Waals surface area contributed by atoms with Gasteiger partial charge in [-0.1, -0.05) is 6.42 Å². The minimum atomic E-state index is -1.16. The number of nitrogens with two attached hydrogens (primary N) is 1. The van der Waals surface area contributed by atoms with E-state index in [1.165, 1.54) is 24.8 Å². The molecule has 148 valence electrons. The van der Waals surface area contributed by atoms with Gasteiger partial charge in [0, 0.05) is 36.8 Å². The molecule has 2 atom stereocenters. The zero-order valence-electron chi connectivity index (χ0n) is 15.2. The Kier molecular flexibility index (Phi) is 5.27. The van der Waals surface area contributed by atoms with Gasteiger partial charge >= 0.3 is 0 Å². The van der Waals surface area contributed by atoms with Crippen LogP contribution in [-0.2, 0) is 13.1 Å². The highest BCUT2D eigenvalue weighted by Crippen LogP contribution is 2.31. The second-order valence-electron chi connectivity index (χ2n) is 7.25. The molecule has 0 radical (unpaired) electrons. The maximum absolute atomic E-state index is 12.0. The van der Waals surface area contributed by atoms with Crippen LogP contribution in [0.2, 0.25) is 0 Å². The summed E-state index contributed by atoms with van der Waals surface area (Å²) in [6.45, 7) is 1.88. The van der Waals surface area contributed by atoms with Crippen LogP contribution in [0.15, 0.2) is 30.9 Å². The zero-order valence-corrected chi connectivity index (χ0v) is 15.2. The Bertz CT molecular complexity index is 975. The van der Waals surface area contributed by atoms with Crippen LogP contribution in [0.5, 0.6) is 0 Å². The van der Waals surface area contributed by atoms with Gasteiger partial charge in [-0.25, -0.2) is 27.7 Å². The first-order valence-corrected chi connectivity index (χ1v) is 9.27. The maximum atomic E-state index is 12.0. The number of halogens is 3. The first-order chi connectivity index (χ1) is 13.5. The average Bonchev–Trinajstić information content (AvgIpc) is 3.24. The van der Waals surface area contributed by atoms with Crippen molar-refractivity contribution in [2.24, 2.45) is 5.73 Å². The molecule has 2 N–H and O–H groups in total. The summed E-state index contributed by atoms with van der Waals surface area (Å²) in [7, 11) is 0. The monoisotopic (exact) mass is 390 g/mol. The van der Waals surface area contributed by atoms with E-state index in [1.54, 1.807) is 17.2 Å². The lowest BCUT2D eigenvalue weighted by molar-refractivity contribution is 0.146. The van der Waals surface area contributed by atoms with Crippen molar-refractivity contribution < 1.29 is 13.2 Å². The van der Waals surface area contributed by atoms with E-state index >= 15 is 0 Å². The number of hydrogen-bond donors (Lipinski definition) is 1. The van der Waals surface area contributed by atoms with Gasteiger partial charge in [0.15, 0.2) is 17.3 Å². The number of rotatable bonds is 1. The van der Waals surface area contributed by atoms with E-state index in [0.717, 1.165) is 43.0 Å². The molecular weight excluding hydrogens is 369 g/mol. The van der Waals surface area contributed by atoms with Crippen molar-refractivity contribution in [3.8, 4) is 0 Å². The maximum Gasteiger partial charge on any atom is 0.163 e. The van der Waals surface area contributed by atoms with Gasteiger partial charge in [-0.15, -0.1) is 0 Å². The van der Waals surface area contributed by atoms with Crippen LogP contribution < -0.4 is 5.73 Å². The lowest BCUT2D eigenvalue weighted by Gasteiger charge is -2.33. The largest absolute Gasteiger partial charge is 0.328 e. The van der Waals surface area contributed by atoms with Crippen molar-refractivity contribution >= 4 is 5.65 Å². The summed E-state index contributed by atoms with van der Waals surface area (Å²) in [5, 5.41) is 4.58. The summed E-state index contributed by atoms with van der Waals surface area (Å²) < 4.78 is 37.6. The molecule has 28 heavy (non-hydrogen) atoms. The van der Waals surface area contributed by atoms with E-state index in [9.17, 15) is 13.2 Å². The highest BCUT2D eigenvalue weighted by Gasteiger charge is 2.32. The minimum absolute atomic E-state index is 0.370. The highest BCUT2D eigenvalue weighted by molar-refractivity contribution is 5.50. The van der Waals surface area contributed by atoms with Crippen LogP contribution in [-0.4, -0.2) is 36.6 Å². The van der Waals surface area contributed by atoms with Gasteiger partial charge in [0.05, 0.1) is 5.69 Å². The number of nitrogens with zero attached hydrogens (tertiary/aromatic N) is 5. The van der Waals surface area contributed by atoms with E-state index in [2.05, 4.69) is 20.0 Å². The summed E-state index contributed by atoms with van der Waals surface area (Å²) >= 11 is 0. The second-order valence-corrected chi connectivity index (χ2v) is 7.25. The van der Waals surface area contributed by atoms with Gasteiger partial charge in [-0.3, -0.25) is 4.90 Å². The van der Waals surface area contributed by atoms with E-state index in [4.69, 9.17) is 5.73 Å². The van der Waals surface area contributed by atoms with Gasteiger partial charge in [-0.2, -0.15) is 5.10 Å². The fourth-order valence-corrected chi connectivity index (χ4v) is 3.91. The molecule has 5 rings (SSSR count). The Morgan fingerprint density at radius 3 is 2.68 bits per heavy atom. The highest BCUT2D eigenvalue weighted by atomic mass is 19.2. The normalized spacial score (nSPS) is 22.0. The smallest absolute Gasteiger partial charge is 0.163 e. The molecule has 1 aliphatic heterocycles. The Hall–Kier alpha value is -2.52. The SMILES string of the molecule is Fc1ccc(F)c(F)c1.NC1CCC[C@H](N2Cc3nn4cncnc4c3C2)C1. The summed E-state index contributed by atoms with van der Waals surface area (Å²) in [4.78, 5) is 10.9. The van der Waals surface area contributed by atoms with Gasteiger partial charge < -0.3 is 5.73 Å². The molecular formula is C19H21F3N6. The Labute approximate surface area is 160 Å². The molecule has 1 aromatic carbocycles. The summed E-state index contributed by atoms with van der Waals surface area (Å²) in [6.07, 6.45) is 8.12. The van der Waals surface area contributed by atoms with Gasteiger partial charge in [-0.05, 0) is 31.4 Å². The third kappa shape index (κ3) is 3.85. The van der Waals surface area contributed by atoms with Crippen molar-refractivity contribution in [2.75, 3.05) is 0 Å². The molecule has 1 unspecified atom stereocenters. The molecule has 1 aliphatic carbocycles. The van der Waals surface area contributed by atoms with Gasteiger partial charge in [0.1, 0.15) is 18.5 Å². The quantitative estimate of drug-likeness (QED) is 0.647. The number of fused-ring (bicyclic) bond motifs is 3. The summed E-state index contributed by atoms with van der Waals surface area (Å²) in [5.74, 6) is -2.96. The van der Waals surface area contributed by atoms with E-state index in [0.29, 0.717) is 18.2 Å². The fraction of sp³-hybridized carbons (Fsp3) is 0.421. The van der Waals surface area contributed by atoms with Crippen LogP contribution in [0.3, 0.4) is 0 Å². The Morgan fingerprint density at radius 1 is 1.07 bits per heavy atom. The zero-order chi connectivity index (χ0) is 19.7. The fourth-order valence-electron chi connectivity index (χ4n) is 3.91. The van der Waals surface area contributed by atoms with Gasteiger partial charge in [0.25, 0.3) is 0 Å². The van der Waals surface area contributed by atoms with E-state index in [1.807, 2.05) is 0 Å². The molecule has 3 aromatic rings. The molecule has 3 heterocycles. The van der Waals surface area contributed by atoms with Crippen molar-refractivity contribution in [1.29, 1.82) is 0 Å². The van der Waals surface area contributed by atoms with Gasteiger partial charge in [0.2, 0.25) is 0 Å². The number of hydrogen-bond acceptors (Lipinski definition) is 5. The summed E-state index contributed by atoms with van der Waals surface area (Å²) in [6, 6.07) is 3.08. The minimum Gasteiger partial charge on any atom is -0.328 e. The predicted molar refractivity (Wildman–Crippen MR) is 96.6 cm³/mol. The number of benzene rings is 1. The first kappa shape index (κ1) is 18.8. The van der Waals surface area contributed by atoms with E-state index in [-0.39, 0.29) is 0 Å². The lowest BCUT2D eigenvalue weighted by atomic mass is 9.91. The van der Waals surface area contributed by atoms with Crippen LogP contribution in [0.4, 0.5) is 13.2 Å². The van der Waals surface area contributed by atoms with Crippen molar-refractivity contribution in [3.63, 3.8) is 0 Å². The predicted octanol–water partition coefficient (Wildman–Crippen LogP) is 2.81. The van der Waals surface area contributed by atoms with Crippen LogP contribution >= 0.6 is 0 Å². The summed E-state index contributed by atoms with van der Waals surface area (Å²) in [5.41, 5.74) is 9.47. The number of aromatic nitrogens is 4. The molecule has 9 heteroatoms. The third-order valence-corrected chi connectivity index (χ3v) is 5.29. The Morgan fingerprint density at radius 2 is 1.93 bits per heavy atom. The standard InChI is InChI=1S/C13H18N6.C6H3F3/c14-9-2-1-3-10(4-9)18-5-11-12(6-18)17-19-8-15-7-16-13(11)19;7-4-1-2-5(8)6(9)3-4/h7-10H,1-6,14H2;1-3H/t9?,10-;/m0./s1. The molecule has 0 spiro atoms. The molecule has 0 saturated heterocycles. The first-order valence-electron chi connectivity index (χ1n) is 9.27. The second kappa shape index (κ2) is 7.84. The molecule has 2 aliphatic rings. The van der Waals surface area contributed by atoms with Crippen molar-refractivity contribution in [2.45, 2.75) is 50.9 Å². The Balaban J connectivity index is 0.000000181. The lowest BCUT2D eigenvalue weighted by Crippen LogP contribution is -2.40. The molecule has 2 aromatic heterocycles. The molecule has 1 fully saturated rings. The van der Waals surface area contributed by atoms with E-state index < -0.39 is 17.5 Å². The molecule has 6 nitrogen and oxygen atoms in total. The van der Waals surface area contributed by atoms with Crippen LogP contribution in [0, 0.1) is 17.5 Å². The van der Waals surface area contributed by atoms with Crippen molar-refractivity contribution in [3.05, 3.63) is 59.6 Å². The topological polar surface area (TPSA) is 72.3 Å². The van der Waals surface area contributed by atoms with Crippen LogP contribution in [0.25, 0.3) is 5.65 Å². The molecule has 0 amide bonds. The average molecular weight is 390 g/mol. The molecule has 0 bridgehead atoms. The van der Waals surface area contributed by atoms with Crippen molar-refractivity contribution in [1.82, 2.24) is 24.5 Å².